The van der Waals surface area contributed by atoms with Crippen molar-refractivity contribution in [1.29, 1.82) is 0 Å². The minimum atomic E-state index is -0.221. The highest BCUT2D eigenvalue weighted by molar-refractivity contribution is 8.16. The number of aromatic nitrogens is 2. The largest absolute Gasteiger partial charge is 0.484 e. The van der Waals surface area contributed by atoms with Crippen molar-refractivity contribution in [3.8, 4) is 5.75 Å². The van der Waals surface area contributed by atoms with Crippen LogP contribution in [0.15, 0.2) is 24.3 Å². The van der Waals surface area contributed by atoms with E-state index in [1.165, 1.54) is 34.8 Å². The minimum absolute atomic E-state index is 0.0328. The van der Waals surface area contributed by atoms with Gasteiger partial charge in [0.15, 0.2) is 6.61 Å². The van der Waals surface area contributed by atoms with Gasteiger partial charge in [0.25, 0.3) is 5.91 Å². The van der Waals surface area contributed by atoms with E-state index in [0.29, 0.717) is 15.5 Å². The summed E-state index contributed by atoms with van der Waals surface area (Å²) in [6, 6.07) is 8.04. The molecule has 5 nitrogen and oxygen atoms in total. The Kier molecular flexibility index (Phi) is 7.01. The van der Waals surface area contributed by atoms with E-state index < -0.39 is 0 Å². The summed E-state index contributed by atoms with van der Waals surface area (Å²) in [6.07, 6.45) is 3.18. The Hall–Kier alpha value is -1.25. The number of carbonyl (C=O) groups is 1. The molecule has 1 saturated heterocycles. The van der Waals surface area contributed by atoms with Crippen LogP contribution < -0.4 is 10.1 Å². The molecule has 0 aliphatic carbocycles. The number of carbonyl (C=O) groups excluding carboxylic acids is 1. The third-order valence-corrected chi connectivity index (χ3v) is 7.44. The number of thioether (sulfide) groups is 2. The fourth-order valence-corrected chi connectivity index (χ4v) is 6.08. The molecule has 1 amide bonds. The van der Waals surface area contributed by atoms with Crippen LogP contribution in [0.3, 0.4) is 0 Å². The van der Waals surface area contributed by atoms with Crippen molar-refractivity contribution in [3.05, 3.63) is 34.8 Å². The van der Waals surface area contributed by atoms with E-state index in [0.717, 1.165) is 17.8 Å². The Labute approximate surface area is 160 Å². The van der Waals surface area contributed by atoms with Crippen molar-refractivity contribution < 1.29 is 9.53 Å². The molecule has 8 heteroatoms. The minimum Gasteiger partial charge on any atom is -0.484 e. The van der Waals surface area contributed by atoms with Crippen molar-refractivity contribution >= 4 is 45.9 Å². The van der Waals surface area contributed by atoms with E-state index in [9.17, 15) is 4.79 Å². The Bertz CT molecular complexity index is 685. The molecule has 0 saturated carbocycles. The van der Waals surface area contributed by atoms with Gasteiger partial charge in [0, 0.05) is 6.42 Å². The third kappa shape index (κ3) is 5.62. The Morgan fingerprint density at radius 3 is 2.72 bits per heavy atom. The maximum absolute atomic E-state index is 12.0. The number of ether oxygens (including phenoxy) is 1. The molecule has 25 heavy (non-hydrogen) atoms. The fraction of sp³-hybridized carbons (Fsp3) is 0.471. The second-order valence-corrected chi connectivity index (χ2v) is 9.37. The lowest BCUT2D eigenvalue weighted by atomic mass is 10.2. The van der Waals surface area contributed by atoms with Gasteiger partial charge in [-0.1, -0.05) is 30.4 Å². The number of benzene rings is 1. The van der Waals surface area contributed by atoms with Gasteiger partial charge in [0.1, 0.15) is 10.8 Å². The van der Waals surface area contributed by atoms with Crippen LogP contribution in [-0.2, 0) is 11.2 Å². The van der Waals surface area contributed by atoms with Gasteiger partial charge in [-0.05, 0) is 42.0 Å². The number of nitrogens with zero attached hydrogens (tertiary/aromatic N) is 2. The quantitative estimate of drug-likeness (QED) is 0.751. The van der Waals surface area contributed by atoms with E-state index in [4.69, 9.17) is 4.74 Å². The molecule has 1 aliphatic heterocycles. The third-order valence-electron chi connectivity index (χ3n) is 3.53. The van der Waals surface area contributed by atoms with Crippen LogP contribution >= 0.6 is 34.9 Å². The predicted octanol–water partition coefficient (Wildman–Crippen LogP) is 4.38. The molecule has 1 N–H and O–H groups in total. The average Bonchev–Trinajstić information content (AvgIpc) is 3.08. The number of hydrogen-bond donors (Lipinski definition) is 1. The van der Waals surface area contributed by atoms with Gasteiger partial charge in [0.2, 0.25) is 5.13 Å². The summed E-state index contributed by atoms with van der Waals surface area (Å²) in [5, 5.41) is 12.2. The molecule has 1 aliphatic rings. The zero-order valence-corrected chi connectivity index (χ0v) is 16.5. The fourth-order valence-electron chi connectivity index (χ4n) is 2.32. The van der Waals surface area contributed by atoms with Crippen molar-refractivity contribution in [2.24, 2.45) is 0 Å². The normalized spacial score (nSPS) is 15.1. The van der Waals surface area contributed by atoms with E-state index in [1.54, 1.807) is 0 Å². The lowest BCUT2D eigenvalue weighted by Gasteiger charge is -2.21. The number of hydrogen-bond acceptors (Lipinski definition) is 7. The Morgan fingerprint density at radius 1 is 1.24 bits per heavy atom. The van der Waals surface area contributed by atoms with Crippen LogP contribution in [0.25, 0.3) is 0 Å². The van der Waals surface area contributed by atoms with Crippen LogP contribution in [0.4, 0.5) is 5.13 Å². The van der Waals surface area contributed by atoms with E-state index in [1.807, 2.05) is 35.7 Å². The van der Waals surface area contributed by atoms with Gasteiger partial charge < -0.3 is 4.74 Å². The highest BCUT2D eigenvalue weighted by atomic mass is 32.2. The highest BCUT2D eigenvalue weighted by Crippen LogP contribution is 2.43. The summed E-state index contributed by atoms with van der Waals surface area (Å²) >= 11 is 5.40. The molecule has 0 atom stereocenters. The molecular formula is C17H21N3O2S3. The maximum Gasteiger partial charge on any atom is 0.264 e. The number of amides is 1. The molecule has 1 aromatic heterocycles. The Balaban J connectivity index is 1.46. The smallest absolute Gasteiger partial charge is 0.264 e. The molecule has 1 aromatic carbocycles. The van der Waals surface area contributed by atoms with E-state index in [2.05, 4.69) is 34.6 Å². The molecule has 1 fully saturated rings. The molecule has 0 radical (unpaired) electrons. The molecule has 0 spiro atoms. The van der Waals surface area contributed by atoms with Crippen LogP contribution in [0.1, 0.15) is 34.9 Å². The standard InChI is InChI=1S/C17H21N3O2S3/c1-2-4-15-19-20-17(25-15)18-14(21)11-22-13-7-5-12(6-8-13)16-23-9-3-10-24-16/h5-8,16H,2-4,9-11H2,1H3,(H,18,20,21). The summed E-state index contributed by atoms with van der Waals surface area (Å²) in [5.74, 6) is 2.93. The van der Waals surface area contributed by atoms with Gasteiger partial charge in [-0.15, -0.1) is 33.7 Å². The summed E-state index contributed by atoms with van der Waals surface area (Å²) in [5.41, 5.74) is 1.31. The highest BCUT2D eigenvalue weighted by Gasteiger charge is 2.16. The van der Waals surface area contributed by atoms with Crippen LogP contribution in [0.2, 0.25) is 0 Å². The second-order valence-electron chi connectivity index (χ2n) is 5.58. The van der Waals surface area contributed by atoms with Crippen LogP contribution in [0.5, 0.6) is 5.75 Å². The van der Waals surface area contributed by atoms with Crippen molar-refractivity contribution in [2.75, 3.05) is 23.4 Å². The zero-order chi connectivity index (χ0) is 17.5. The molecule has 134 valence electrons. The first-order chi connectivity index (χ1) is 12.2. The lowest BCUT2D eigenvalue weighted by molar-refractivity contribution is -0.118. The first-order valence-corrected chi connectivity index (χ1v) is 11.2. The first-order valence-electron chi connectivity index (χ1n) is 8.33. The molecular weight excluding hydrogens is 374 g/mol. The number of aryl methyl sites for hydroxylation is 1. The average molecular weight is 396 g/mol. The summed E-state index contributed by atoms with van der Waals surface area (Å²) < 4.78 is 6.08. The molecule has 0 bridgehead atoms. The second kappa shape index (κ2) is 9.45. The summed E-state index contributed by atoms with van der Waals surface area (Å²) in [7, 11) is 0. The SMILES string of the molecule is CCCc1nnc(NC(=O)COc2ccc(C3SCCCS3)cc2)s1. The number of anilines is 1. The van der Waals surface area contributed by atoms with E-state index in [-0.39, 0.29) is 12.5 Å². The van der Waals surface area contributed by atoms with Gasteiger partial charge in [0.05, 0.1) is 4.58 Å². The zero-order valence-electron chi connectivity index (χ0n) is 14.1. The van der Waals surface area contributed by atoms with Crippen molar-refractivity contribution in [1.82, 2.24) is 10.2 Å². The summed E-state index contributed by atoms with van der Waals surface area (Å²) in [6.45, 7) is 2.05. The van der Waals surface area contributed by atoms with Gasteiger partial charge in [-0.2, -0.15) is 0 Å². The number of nitrogens with one attached hydrogen (secondary N) is 1. The molecule has 2 heterocycles. The monoisotopic (exact) mass is 395 g/mol. The molecule has 3 rings (SSSR count). The molecule has 0 unspecified atom stereocenters. The van der Waals surface area contributed by atoms with Gasteiger partial charge in [-0.25, -0.2) is 0 Å². The van der Waals surface area contributed by atoms with Crippen molar-refractivity contribution in [3.63, 3.8) is 0 Å². The van der Waals surface area contributed by atoms with Crippen LogP contribution in [0, 0.1) is 0 Å². The van der Waals surface area contributed by atoms with Gasteiger partial charge in [-0.3, -0.25) is 10.1 Å². The number of rotatable bonds is 7. The van der Waals surface area contributed by atoms with Crippen LogP contribution in [-0.4, -0.2) is 34.2 Å². The van der Waals surface area contributed by atoms with E-state index >= 15 is 0 Å². The molecule has 2 aromatic rings. The summed E-state index contributed by atoms with van der Waals surface area (Å²) in [4.78, 5) is 12.0. The lowest BCUT2D eigenvalue weighted by Crippen LogP contribution is -2.20. The first kappa shape index (κ1) is 18.5. The predicted molar refractivity (Wildman–Crippen MR) is 107 cm³/mol. The maximum atomic E-state index is 12.0. The topological polar surface area (TPSA) is 64.1 Å². The Morgan fingerprint density at radius 2 is 2.00 bits per heavy atom. The van der Waals surface area contributed by atoms with Gasteiger partial charge >= 0.3 is 0 Å². The van der Waals surface area contributed by atoms with Crippen molar-refractivity contribution in [2.45, 2.75) is 30.8 Å².